The number of phosphoric ester groups is 1. The Balaban J connectivity index is 4.29. The number of hydrogen-bond acceptors (Lipinski definition) is 9. The van der Waals surface area contributed by atoms with Crippen molar-refractivity contribution in [3.8, 4) is 0 Å². The van der Waals surface area contributed by atoms with Crippen LogP contribution in [0.25, 0.3) is 0 Å². The largest absolute Gasteiger partial charge is 0.480 e. The van der Waals surface area contributed by atoms with Crippen LogP contribution in [0.2, 0.25) is 0 Å². The summed E-state index contributed by atoms with van der Waals surface area (Å²) in [6.07, 6.45) is 33.2. The van der Waals surface area contributed by atoms with Gasteiger partial charge in [-0.25, -0.2) is 4.57 Å². The van der Waals surface area contributed by atoms with Crippen molar-refractivity contribution in [2.24, 2.45) is 5.73 Å². The molecule has 1 unspecified atom stereocenters. The third kappa shape index (κ3) is 35.5. The van der Waals surface area contributed by atoms with Gasteiger partial charge in [0.1, 0.15) is 12.6 Å². The van der Waals surface area contributed by atoms with E-state index in [1.54, 1.807) is 0 Å². The molecular formula is C40H78NO10P. The van der Waals surface area contributed by atoms with Crippen LogP contribution in [-0.4, -0.2) is 59.9 Å². The van der Waals surface area contributed by atoms with Crippen LogP contribution in [-0.2, 0) is 37.5 Å². The fraction of sp³-hybridized carbons (Fsp3) is 0.925. The molecule has 0 spiro atoms. The number of nitrogens with two attached hydrogens (primary N) is 1. The summed E-state index contributed by atoms with van der Waals surface area (Å²) in [5.74, 6) is -2.36. The number of hydrogen-bond donors (Lipinski definition) is 3. The minimum atomic E-state index is -4.70. The van der Waals surface area contributed by atoms with Crippen molar-refractivity contribution in [1.82, 2.24) is 0 Å². The normalized spacial score (nSPS) is 13.8. The fourth-order valence-corrected chi connectivity index (χ4v) is 6.79. The van der Waals surface area contributed by atoms with Crippen LogP contribution in [0.3, 0.4) is 0 Å². The number of rotatable bonds is 40. The van der Waals surface area contributed by atoms with Gasteiger partial charge in [0.15, 0.2) is 6.10 Å². The van der Waals surface area contributed by atoms with Crippen molar-refractivity contribution in [2.75, 3.05) is 19.8 Å². The average Bonchev–Trinajstić information content (AvgIpc) is 3.12. The summed E-state index contributed by atoms with van der Waals surface area (Å²) in [6, 6.07) is -1.51. The second kappa shape index (κ2) is 36.5. The number of aliphatic carboxylic acids is 1. The van der Waals surface area contributed by atoms with Crippen molar-refractivity contribution in [3.63, 3.8) is 0 Å². The van der Waals surface area contributed by atoms with Crippen LogP contribution in [0.4, 0.5) is 0 Å². The van der Waals surface area contributed by atoms with Crippen LogP contribution in [0.1, 0.15) is 206 Å². The summed E-state index contributed by atoms with van der Waals surface area (Å²) >= 11 is 0. The third-order valence-corrected chi connectivity index (χ3v) is 10.3. The third-order valence-electron chi connectivity index (χ3n) is 9.36. The lowest BCUT2D eigenvalue weighted by atomic mass is 10.0. The molecular weight excluding hydrogens is 685 g/mol. The summed E-state index contributed by atoms with van der Waals surface area (Å²) in [5.41, 5.74) is 5.32. The lowest BCUT2D eigenvalue weighted by molar-refractivity contribution is -0.161. The molecule has 52 heavy (non-hydrogen) atoms. The summed E-state index contributed by atoms with van der Waals surface area (Å²) < 4.78 is 32.6. The van der Waals surface area contributed by atoms with Gasteiger partial charge in [0.05, 0.1) is 13.2 Å². The lowest BCUT2D eigenvalue weighted by Gasteiger charge is -2.20. The molecule has 308 valence electrons. The van der Waals surface area contributed by atoms with E-state index in [9.17, 15) is 23.8 Å². The smallest absolute Gasteiger partial charge is 0.472 e. The molecule has 4 N–H and O–H groups in total. The average molecular weight is 764 g/mol. The number of carbonyl (C=O) groups is 3. The Labute approximate surface area is 316 Å². The zero-order valence-corrected chi connectivity index (χ0v) is 34.1. The van der Waals surface area contributed by atoms with Crippen LogP contribution < -0.4 is 5.73 Å². The Hall–Kier alpha value is -1.52. The van der Waals surface area contributed by atoms with Crippen molar-refractivity contribution < 1.29 is 47.5 Å². The molecule has 0 bridgehead atoms. The molecule has 0 fully saturated rings. The topological polar surface area (TPSA) is 172 Å². The van der Waals surface area contributed by atoms with E-state index in [2.05, 4.69) is 18.4 Å². The minimum Gasteiger partial charge on any atom is -0.480 e. The summed E-state index contributed by atoms with van der Waals surface area (Å²) in [7, 11) is -4.70. The van der Waals surface area contributed by atoms with E-state index >= 15 is 0 Å². The Kier molecular flexibility index (Phi) is 35.4. The van der Waals surface area contributed by atoms with Crippen molar-refractivity contribution in [3.05, 3.63) is 0 Å². The van der Waals surface area contributed by atoms with Gasteiger partial charge in [0, 0.05) is 12.8 Å². The first-order valence-corrected chi connectivity index (χ1v) is 22.6. The lowest BCUT2D eigenvalue weighted by Crippen LogP contribution is -2.34. The first-order chi connectivity index (χ1) is 25.1. The van der Waals surface area contributed by atoms with Crippen LogP contribution in [0.5, 0.6) is 0 Å². The van der Waals surface area contributed by atoms with Gasteiger partial charge >= 0.3 is 25.7 Å². The van der Waals surface area contributed by atoms with Gasteiger partial charge in [-0.2, -0.15) is 0 Å². The predicted octanol–water partition coefficient (Wildman–Crippen LogP) is 10.7. The molecule has 0 saturated heterocycles. The molecule has 0 aliphatic rings. The van der Waals surface area contributed by atoms with E-state index in [0.717, 1.165) is 38.5 Å². The summed E-state index contributed by atoms with van der Waals surface area (Å²) in [6.45, 7) is 2.81. The zero-order chi connectivity index (χ0) is 38.5. The molecule has 0 aromatic rings. The van der Waals surface area contributed by atoms with E-state index in [-0.39, 0.29) is 19.4 Å². The summed E-state index contributed by atoms with van der Waals surface area (Å²) in [5, 5.41) is 8.87. The highest BCUT2D eigenvalue weighted by Crippen LogP contribution is 2.43. The second-order valence-corrected chi connectivity index (χ2v) is 15.9. The van der Waals surface area contributed by atoms with Crippen molar-refractivity contribution in [1.29, 1.82) is 0 Å². The van der Waals surface area contributed by atoms with Gasteiger partial charge in [-0.15, -0.1) is 0 Å². The predicted molar refractivity (Wildman–Crippen MR) is 208 cm³/mol. The number of ether oxygens (including phenoxy) is 2. The molecule has 0 rings (SSSR count). The Morgan fingerprint density at radius 1 is 0.519 bits per heavy atom. The molecule has 0 aromatic heterocycles. The SMILES string of the molecule is CCCCCCCCCCCCCCCCCCCCC(=O)O[C@H](COC(=O)CCCCCCCCCCCC)COP(=O)(O)OC[C@H](N)C(=O)O. The molecule has 0 heterocycles. The maximum atomic E-state index is 12.6. The number of carboxylic acid groups (broad SMARTS) is 1. The molecule has 0 aromatic carbocycles. The zero-order valence-electron chi connectivity index (χ0n) is 33.2. The Morgan fingerprint density at radius 3 is 1.21 bits per heavy atom. The van der Waals surface area contributed by atoms with E-state index in [1.807, 2.05) is 0 Å². The highest BCUT2D eigenvalue weighted by Gasteiger charge is 2.28. The van der Waals surface area contributed by atoms with Gasteiger partial charge in [-0.05, 0) is 12.8 Å². The van der Waals surface area contributed by atoms with Crippen molar-refractivity contribution in [2.45, 2.75) is 219 Å². The van der Waals surface area contributed by atoms with Gasteiger partial charge in [0.2, 0.25) is 0 Å². The van der Waals surface area contributed by atoms with Gasteiger partial charge in [-0.1, -0.05) is 181 Å². The Bertz CT molecular complexity index is 906. The van der Waals surface area contributed by atoms with Crippen LogP contribution in [0, 0.1) is 0 Å². The maximum Gasteiger partial charge on any atom is 0.472 e. The number of esters is 2. The highest BCUT2D eigenvalue weighted by molar-refractivity contribution is 7.47. The standard InChI is InChI=1S/C40H78NO10P/c1-3-5-7-9-11-13-15-16-17-18-19-20-21-22-24-26-28-30-32-39(43)51-36(34-49-52(46,47)50-35-37(41)40(44)45)33-48-38(42)31-29-27-25-23-14-12-10-8-6-4-2/h36-37H,3-35,41H2,1-2H3,(H,44,45)(H,46,47)/t36-,37+/m1/s1. The first kappa shape index (κ1) is 50.5. The second-order valence-electron chi connectivity index (χ2n) is 14.5. The number of carbonyl (C=O) groups excluding carboxylic acids is 2. The first-order valence-electron chi connectivity index (χ1n) is 21.1. The molecule has 0 aliphatic heterocycles. The molecule has 0 saturated carbocycles. The van der Waals surface area contributed by atoms with Crippen LogP contribution in [0.15, 0.2) is 0 Å². The molecule has 12 heteroatoms. The number of unbranched alkanes of at least 4 members (excludes halogenated alkanes) is 26. The monoisotopic (exact) mass is 764 g/mol. The Morgan fingerprint density at radius 2 is 0.846 bits per heavy atom. The maximum absolute atomic E-state index is 12.6. The molecule has 0 amide bonds. The number of phosphoric acid groups is 1. The van der Waals surface area contributed by atoms with Crippen LogP contribution >= 0.6 is 7.82 Å². The van der Waals surface area contributed by atoms with E-state index in [0.29, 0.717) is 12.8 Å². The van der Waals surface area contributed by atoms with E-state index in [1.165, 1.54) is 128 Å². The van der Waals surface area contributed by atoms with E-state index < -0.39 is 51.1 Å². The van der Waals surface area contributed by atoms with Crippen molar-refractivity contribution >= 4 is 25.7 Å². The fourth-order valence-electron chi connectivity index (χ4n) is 6.01. The quantitative estimate of drug-likeness (QED) is 0.0308. The molecule has 3 atom stereocenters. The van der Waals surface area contributed by atoms with Gasteiger partial charge < -0.3 is 25.2 Å². The molecule has 0 radical (unpaired) electrons. The highest BCUT2D eigenvalue weighted by atomic mass is 31.2. The number of carboxylic acids is 1. The summed E-state index contributed by atoms with van der Waals surface area (Å²) in [4.78, 5) is 45.8. The molecule has 11 nitrogen and oxygen atoms in total. The van der Waals surface area contributed by atoms with E-state index in [4.69, 9.17) is 24.8 Å². The molecule has 0 aliphatic carbocycles. The minimum absolute atomic E-state index is 0.169. The van der Waals surface area contributed by atoms with Gasteiger partial charge in [0.25, 0.3) is 0 Å². The van der Waals surface area contributed by atoms with Gasteiger partial charge in [-0.3, -0.25) is 23.4 Å².